The summed E-state index contributed by atoms with van der Waals surface area (Å²) in [7, 11) is 0. The summed E-state index contributed by atoms with van der Waals surface area (Å²) in [6.07, 6.45) is 2.63. The SMILES string of the molecule is CCc1noc(-c2cccn3c(CNC(=O)Cc4ccc(F)cc4)nnc23)n1. The van der Waals surface area contributed by atoms with E-state index in [1.807, 2.05) is 19.1 Å². The topological polar surface area (TPSA) is 98.2 Å². The number of amides is 1. The van der Waals surface area contributed by atoms with Crippen LogP contribution in [0.2, 0.25) is 0 Å². The zero-order chi connectivity index (χ0) is 19.5. The number of halogens is 1. The van der Waals surface area contributed by atoms with Gasteiger partial charge >= 0.3 is 0 Å². The first kappa shape index (κ1) is 17.8. The van der Waals surface area contributed by atoms with Crippen LogP contribution in [-0.2, 0) is 24.2 Å². The number of hydrogen-bond donors (Lipinski definition) is 1. The Morgan fingerprint density at radius 2 is 2.04 bits per heavy atom. The van der Waals surface area contributed by atoms with Gasteiger partial charge in [0.1, 0.15) is 5.82 Å². The van der Waals surface area contributed by atoms with Crippen molar-refractivity contribution in [1.82, 2.24) is 30.1 Å². The fraction of sp³-hybridized carbons (Fsp3) is 0.211. The molecule has 0 radical (unpaired) electrons. The van der Waals surface area contributed by atoms with E-state index in [4.69, 9.17) is 4.52 Å². The molecule has 0 atom stereocenters. The molecule has 4 rings (SSSR count). The number of fused-ring (bicyclic) bond motifs is 1. The number of nitrogens with zero attached hydrogens (tertiary/aromatic N) is 5. The lowest BCUT2D eigenvalue weighted by Gasteiger charge is -2.05. The van der Waals surface area contributed by atoms with Crippen molar-refractivity contribution < 1.29 is 13.7 Å². The number of rotatable bonds is 6. The van der Waals surface area contributed by atoms with Crippen LogP contribution in [0.15, 0.2) is 47.1 Å². The Morgan fingerprint density at radius 1 is 1.21 bits per heavy atom. The van der Waals surface area contributed by atoms with Crippen molar-refractivity contribution in [1.29, 1.82) is 0 Å². The van der Waals surface area contributed by atoms with Gasteiger partial charge in [0.15, 0.2) is 17.3 Å². The molecule has 1 N–H and O–H groups in total. The smallest absolute Gasteiger partial charge is 0.261 e. The van der Waals surface area contributed by atoms with Crippen LogP contribution < -0.4 is 5.32 Å². The van der Waals surface area contributed by atoms with E-state index in [1.165, 1.54) is 12.1 Å². The van der Waals surface area contributed by atoms with E-state index < -0.39 is 0 Å². The van der Waals surface area contributed by atoms with Gasteiger partial charge in [-0.05, 0) is 29.8 Å². The second kappa shape index (κ2) is 7.55. The zero-order valence-corrected chi connectivity index (χ0v) is 15.1. The molecule has 142 valence electrons. The molecule has 0 spiro atoms. The first-order valence-electron chi connectivity index (χ1n) is 8.80. The molecule has 0 aliphatic carbocycles. The molecule has 0 fully saturated rings. The Hall–Kier alpha value is -3.62. The highest BCUT2D eigenvalue weighted by molar-refractivity contribution is 5.78. The molecule has 9 heteroatoms. The van der Waals surface area contributed by atoms with Crippen molar-refractivity contribution >= 4 is 11.6 Å². The molecule has 8 nitrogen and oxygen atoms in total. The van der Waals surface area contributed by atoms with Gasteiger partial charge in [-0.3, -0.25) is 9.20 Å². The quantitative estimate of drug-likeness (QED) is 0.551. The molecule has 0 saturated heterocycles. The van der Waals surface area contributed by atoms with E-state index in [1.54, 1.807) is 22.7 Å². The second-order valence-electron chi connectivity index (χ2n) is 6.18. The summed E-state index contributed by atoms with van der Waals surface area (Å²) in [5, 5.41) is 15.1. The highest BCUT2D eigenvalue weighted by Gasteiger charge is 2.16. The van der Waals surface area contributed by atoms with Gasteiger partial charge in [-0.1, -0.05) is 24.2 Å². The van der Waals surface area contributed by atoms with Gasteiger partial charge in [-0.2, -0.15) is 4.98 Å². The third-order valence-electron chi connectivity index (χ3n) is 4.24. The monoisotopic (exact) mass is 380 g/mol. The van der Waals surface area contributed by atoms with Gasteiger partial charge in [0, 0.05) is 12.6 Å². The maximum absolute atomic E-state index is 12.9. The van der Waals surface area contributed by atoms with Gasteiger partial charge in [0.2, 0.25) is 5.91 Å². The normalized spacial score (nSPS) is 11.1. The second-order valence-corrected chi connectivity index (χ2v) is 6.18. The molecule has 0 aliphatic heterocycles. The number of hydrogen-bond acceptors (Lipinski definition) is 6. The minimum atomic E-state index is -0.331. The number of carbonyl (C=O) groups excluding carboxylic acids is 1. The predicted octanol–water partition coefficient (Wildman–Crippen LogP) is 2.34. The van der Waals surface area contributed by atoms with Crippen LogP contribution in [-0.4, -0.2) is 30.6 Å². The number of aryl methyl sites for hydroxylation is 1. The van der Waals surface area contributed by atoms with Gasteiger partial charge in [0.05, 0.1) is 18.5 Å². The molecule has 0 unspecified atom stereocenters. The molecule has 1 amide bonds. The average Bonchev–Trinajstić information content (AvgIpc) is 3.35. The molecular formula is C19H17FN6O2. The maximum Gasteiger partial charge on any atom is 0.261 e. The molecule has 3 heterocycles. The summed E-state index contributed by atoms with van der Waals surface area (Å²) in [6, 6.07) is 9.49. The lowest BCUT2D eigenvalue weighted by Crippen LogP contribution is -2.25. The number of aromatic nitrogens is 5. The third kappa shape index (κ3) is 3.59. The van der Waals surface area contributed by atoms with Crippen LogP contribution >= 0.6 is 0 Å². The van der Waals surface area contributed by atoms with E-state index >= 15 is 0 Å². The van der Waals surface area contributed by atoms with E-state index in [2.05, 4.69) is 25.7 Å². The summed E-state index contributed by atoms with van der Waals surface area (Å²) in [5.41, 5.74) is 1.97. The van der Waals surface area contributed by atoms with Crippen LogP contribution in [0, 0.1) is 5.82 Å². The van der Waals surface area contributed by atoms with Crippen LogP contribution in [0.5, 0.6) is 0 Å². The van der Waals surface area contributed by atoms with Crippen LogP contribution in [0.3, 0.4) is 0 Å². The minimum absolute atomic E-state index is 0.157. The molecule has 0 aliphatic rings. The minimum Gasteiger partial charge on any atom is -0.348 e. The zero-order valence-electron chi connectivity index (χ0n) is 15.1. The van der Waals surface area contributed by atoms with Crippen LogP contribution in [0.25, 0.3) is 17.1 Å². The molecule has 0 saturated carbocycles. The highest BCUT2D eigenvalue weighted by atomic mass is 19.1. The van der Waals surface area contributed by atoms with Crippen molar-refractivity contribution in [2.24, 2.45) is 0 Å². The van der Waals surface area contributed by atoms with E-state index in [-0.39, 0.29) is 24.7 Å². The summed E-state index contributed by atoms with van der Waals surface area (Å²) in [6.45, 7) is 2.15. The number of carbonyl (C=O) groups is 1. The first-order valence-corrected chi connectivity index (χ1v) is 8.80. The Labute approximate surface area is 159 Å². The lowest BCUT2D eigenvalue weighted by molar-refractivity contribution is -0.120. The van der Waals surface area contributed by atoms with Crippen molar-refractivity contribution in [3.05, 3.63) is 65.6 Å². The van der Waals surface area contributed by atoms with Gasteiger partial charge in [0.25, 0.3) is 5.89 Å². The first-order chi connectivity index (χ1) is 13.6. The van der Waals surface area contributed by atoms with Crippen molar-refractivity contribution in [2.45, 2.75) is 26.3 Å². The Kier molecular flexibility index (Phi) is 4.79. The molecular weight excluding hydrogens is 363 g/mol. The maximum atomic E-state index is 12.9. The van der Waals surface area contributed by atoms with Gasteiger partial charge < -0.3 is 9.84 Å². The average molecular weight is 380 g/mol. The van der Waals surface area contributed by atoms with Crippen molar-refractivity contribution in [2.75, 3.05) is 0 Å². The fourth-order valence-corrected chi connectivity index (χ4v) is 2.79. The van der Waals surface area contributed by atoms with E-state index in [0.717, 1.165) is 5.56 Å². The Bertz CT molecular complexity index is 1120. The van der Waals surface area contributed by atoms with E-state index in [0.29, 0.717) is 35.2 Å². The highest BCUT2D eigenvalue weighted by Crippen LogP contribution is 2.22. The summed E-state index contributed by atoms with van der Waals surface area (Å²) in [5.74, 6) is 1.04. The molecule has 1 aromatic carbocycles. The van der Waals surface area contributed by atoms with Crippen molar-refractivity contribution in [3.8, 4) is 11.5 Å². The summed E-state index contributed by atoms with van der Waals surface area (Å²) >= 11 is 0. The van der Waals surface area contributed by atoms with Gasteiger partial charge in [-0.25, -0.2) is 4.39 Å². The predicted molar refractivity (Wildman–Crippen MR) is 97.6 cm³/mol. The number of benzene rings is 1. The summed E-state index contributed by atoms with van der Waals surface area (Å²) in [4.78, 5) is 16.5. The Balaban J connectivity index is 1.49. The molecule has 4 aromatic rings. The molecule has 3 aromatic heterocycles. The molecule has 0 bridgehead atoms. The van der Waals surface area contributed by atoms with Crippen LogP contribution in [0.4, 0.5) is 4.39 Å². The van der Waals surface area contributed by atoms with Crippen molar-refractivity contribution in [3.63, 3.8) is 0 Å². The molecule has 28 heavy (non-hydrogen) atoms. The van der Waals surface area contributed by atoms with Gasteiger partial charge in [-0.15, -0.1) is 10.2 Å². The summed E-state index contributed by atoms with van der Waals surface area (Å²) < 4.78 is 20.0. The van der Waals surface area contributed by atoms with E-state index in [9.17, 15) is 9.18 Å². The number of nitrogens with one attached hydrogen (secondary N) is 1. The number of pyridine rings is 1. The third-order valence-corrected chi connectivity index (χ3v) is 4.24. The fourth-order valence-electron chi connectivity index (χ4n) is 2.79. The Morgan fingerprint density at radius 3 is 2.79 bits per heavy atom. The largest absolute Gasteiger partial charge is 0.348 e. The van der Waals surface area contributed by atoms with Crippen LogP contribution in [0.1, 0.15) is 24.1 Å². The standard InChI is InChI=1S/C19H17FN6O2/c1-2-15-22-19(28-25-15)14-4-3-9-26-16(23-24-18(14)26)11-21-17(27)10-12-5-7-13(20)8-6-12/h3-9H,2,10-11H2,1H3,(H,21,27). The lowest BCUT2D eigenvalue weighted by atomic mass is 10.1.